The summed E-state index contributed by atoms with van der Waals surface area (Å²) in [5.41, 5.74) is 0. The fourth-order valence-corrected chi connectivity index (χ4v) is 6.45. The second-order valence-electron chi connectivity index (χ2n) is 15.5. The molecule has 0 fully saturated rings. The number of unbranched alkanes of at least 4 members (excludes halogenated alkanes) is 26. The molecule has 0 bridgehead atoms. The Kier molecular flexibility index (Phi) is 37.4. The summed E-state index contributed by atoms with van der Waals surface area (Å²) < 4.78 is 16.7. The van der Waals surface area contributed by atoms with Crippen molar-refractivity contribution in [1.82, 2.24) is 0 Å². The van der Waals surface area contributed by atoms with Gasteiger partial charge in [-0.3, -0.25) is 14.4 Å². The lowest BCUT2D eigenvalue weighted by Crippen LogP contribution is -2.30. The van der Waals surface area contributed by atoms with Gasteiger partial charge in [-0.1, -0.05) is 201 Å². The maximum absolute atomic E-state index is 12.7. The smallest absolute Gasteiger partial charge is 0.306 e. The standard InChI is InChI=1S/C44H84O6/c1-5-7-9-11-13-15-17-19-24-28-32-36-43(46)49-39-41(38-48-42(45)35-31-27-23-18-16-14-12-10-8-6-2)50-44(47)37-33-29-25-21-20-22-26-30-34-40(3)4/h40-41H,5-39H2,1-4H3/t41-/m1/s1. The maximum Gasteiger partial charge on any atom is 0.306 e. The van der Waals surface area contributed by atoms with Crippen LogP contribution in [0.5, 0.6) is 0 Å². The van der Waals surface area contributed by atoms with Crippen LogP contribution >= 0.6 is 0 Å². The lowest BCUT2D eigenvalue weighted by Gasteiger charge is -2.18. The summed E-state index contributed by atoms with van der Waals surface area (Å²) >= 11 is 0. The van der Waals surface area contributed by atoms with E-state index in [1.165, 1.54) is 135 Å². The Balaban J connectivity index is 4.34. The van der Waals surface area contributed by atoms with E-state index in [9.17, 15) is 14.4 Å². The minimum Gasteiger partial charge on any atom is -0.462 e. The predicted octanol–water partition coefficient (Wildman–Crippen LogP) is 13.6. The monoisotopic (exact) mass is 709 g/mol. The number of carbonyl (C=O) groups excluding carboxylic acids is 3. The summed E-state index contributed by atoms with van der Waals surface area (Å²) in [5.74, 6) is -0.0668. The number of hydrogen-bond donors (Lipinski definition) is 0. The highest BCUT2D eigenvalue weighted by Gasteiger charge is 2.19. The van der Waals surface area contributed by atoms with Crippen LogP contribution in [0, 0.1) is 5.92 Å². The van der Waals surface area contributed by atoms with Crippen molar-refractivity contribution in [2.45, 2.75) is 246 Å². The highest BCUT2D eigenvalue weighted by Crippen LogP contribution is 2.16. The van der Waals surface area contributed by atoms with Gasteiger partial charge in [0.2, 0.25) is 0 Å². The fourth-order valence-electron chi connectivity index (χ4n) is 6.45. The zero-order valence-electron chi connectivity index (χ0n) is 33.9. The van der Waals surface area contributed by atoms with Crippen molar-refractivity contribution in [1.29, 1.82) is 0 Å². The van der Waals surface area contributed by atoms with Crippen LogP contribution in [-0.4, -0.2) is 37.2 Å². The van der Waals surface area contributed by atoms with E-state index < -0.39 is 6.10 Å². The highest BCUT2D eigenvalue weighted by molar-refractivity contribution is 5.71. The first-order chi connectivity index (χ1) is 24.4. The summed E-state index contributed by atoms with van der Waals surface area (Å²) in [7, 11) is 0. The molecule has 0 saturated heterocycles. The number of carbonyl (C=O) groups is 3. The Labute approximate surface area is 310 Å². The van der Waals surface area contributed by atoms with E-state index in [2.05, 4.69) is 27.7 Å². The Bertz CT molecular complexity index is 751. The number of esters is 3. The molecule has 0 N–H and O–H groups in total. The second-order valence-corrected chi connectivity index (χ2v) is 15.5. The van der Waals surface area contributed by atoms with Crippen LogP contribution in [0.15, 0.2) is 0 Å². The van der Waals surface area contributed by atoms with E-state index in [-0.39, 0.29) is 31.1 Å². The molecule has 0 unspecified atom stereocenters. The molecular formula is C44H84O6. The van der Waals surface area contributed by atoms with E-state index in [1.54, 1.807) is 0 Å². The third kappa shape index (κ3) is 37.7. The molecule has 0 spiro atoms. The van der Waals surface area contributed by atoms with Crippen LogP contribution in [0.1, 0.15) is 240 Å². The minimum absolute atomic E-state index is 0.0645. The van der Waals surface area contributed by atoms with E-state index in [0.717, 1.165) is 63.7 Å². The van der Waals surface area contributed by atoms with Gasteiger partial charge in [-0.2, -0.15) is 0 Å². The summed E-state index contributed by atoms with van der Waals surface area (Å²) in [6.45, 7) is 8.93. The number of rotatable bonds is 39. The fraction of sp³-hybridized carbons (Fsp3) is 0.932. The molecule has 0 aliphatic heterocycles. The normalized spacial score (nSPS) is 11.9. The molecule has 50 heavy (non-hydrogen) atoms. The first-order valence-electron chi connectivity index (χ1n) is 21.9. The SMILES string of the molecule is CCCCCCCCCCCCCC(=O)OC[C@@H](COC(=O)CCCCCCCCCCCC)OC(=O)CCCCCCCCCCC(C)C. The van der Waals surface area contributed by atoms with E-state index in [1.807, 2.05) is 0 Å². The van der Waals surface area contributed by atoms with Gasteiger partial charge in [0.25, 0.3) is 0 Å². The molecule has 6 heteroatoms. The van der Waals surface area contributed by atoms with Crippen LogP contribution in [0.3, 0.4) is 0 Å². The van der Waals surface area contributed by atoms with Crippen LogP contribution in [0.2, 0.25) is 0 Å². The van der Waals surface area contributed by atoms with Gasteiger partial charge in [0.1, 0.15) is 13.2 Å². The molecule has 0 aliphatic carbocycles. The third-order valence-corrected chi connectivity index (χ3v) is 9.79. The van der Waals surface area contributed by atoms with Crippen molar-refractivity contribution >= 4 is 17.9 Å². The average Bonchev–Trinajstić information content (AvgIpc) is 3.09. The zero-order valence-corrected chi connectivity index (χ0v) is 33.9. The van der Waals surface area contributed by atoms with Gasteiger partial charge in [-0.15, -0.1) is 0 Å². The molecule has 0 heterocycles. The molecule has 0 saturated carbocycles. The number of ether oxygens (including phenoxy) is 3. The predicted molar refractivity (Wildman–Crippen MR) is 210 cm³/mol. The summed E-state index contributed by atoms with van der Waals surface area (Å²) in [4.78, 5) is 37.6. The van der Waals surface area contributed by atoms with Crippen LogP contribution in [0.25, 0.3) is 0 Å². The molecule has 0 aromatic carbocycles. The first-order valence-corrected chi connectivity index (χ1v) is 21.9. The summed E-state index contributed by atoms with van der Waals surface area (Å²) in [6.07, 6.45) is 36.6. The van der Waals surface area contributed by atoms with Crippen molar-refractivity contribution < 1.29 is 28.6 Å². The van der Waals surface area contributed by atoms with Crippen molar-refractivity contribution in [3.8, 4) is 0 Å². The molecular weight excluding hydrogens is 624 g/mol. The molecule has 6 nitrogen and oxygen atoms in total. The number of hydrogen-bond acceptors (Lipinski definition) is 6. The molecule has 0 amide bonds. The van der Waals surface area contributed by atoms with Gasteiger partial charge < -0.3 is 14.2 Å². The van der Waals surface area contributed by atoms with E-state index in [0.29, 0.717) is 19.3 Å². The van der Waals surface area contributed by atoms with Gasteiger partial charge >= 0.3 is 17.9 Å². The van der Waals surface area contributed by atoms with Crippen molar-refractivity contribution in [2.75, 3.05) is 13.2 Å². The summed E-state index contributed by atoms with van der Waals surface area (Å²) in [5, 5.41) is 0. The van der Waals surface area contributed by atoms with Crippen LogP contribution in [0.4, 0.5) is 0 Å². The Morgan fingerprint density at radius 3 is 0.980 bits per heavy atom. The van der Waals surface area contributed by atoms with Gasteiger partial charge in [0, 0.05) is 19.3 Å². The average molecular weight is 709 g/mol. The van der Waals surface area contributed by atoms with E-state index in [4.69, 9.17) is 14.2 Å². The Hall–Kier alpha value is -1.59. The summed E-state index contributed by atoms with van der Waals surface area (Å²) in [6, 6.07) is 0. The molecule has 1 atom stereocenters. The zero-order chi connectivity index (χ0) is 36.8. The Morgan fingerprint density at radius 1 is 0.380 bits per heavy atom. The quantitative estimate of drug-likeness (QED) is 0.0359. The lowest BCUT2D eigenvalue weighted by atomic mass is 10.0. The maximum atomic E-state index is 12.7. The molecule has 0 aromatic rings. The largest absolute Gasteiger partial charge is 0.462 e. The van der Waals surface area contributed by atoms with Crippen LogP contribution in [-0.2, 0) is 28.6 Å². The van der Waals surface area contributed by atoms with Crippen molar-refractivity contribution in [2.24, 2.45) is 5.92 Å². The molecule has 0 radical (unpaired) electrons. The third-order valence-electron chi connectivity index (χ3n) is 9.79. The minimum atomic E-state index is -0.758. The molecule has 296 valence electrons. The van der Waals surface area contributed by atoms with Gasteiger partial charge in [-0.05, 0) is 25.2 Å². The van der Waals surface area contributed by atoms with Gasteiger partial charge in [-0.25, -0.2) is 0 Å². The van der Waals surface area contributed by atoms with Crippen LogP contribution < -0.4 is 0 Å². The highest BCUT2D eigenvalue weighted by atomic mass is 16.6. The molecule has 0 rings (SSSR count). The van der Waals surface area contributed by atoms with Crippen molar-refractivity contribution in [3.63, 3.8) is 0 Å². The van der Waals surface area contributed by atoms with Crippen molar-refractivity contribution in [3.05, 3.63) is 0 Å². The molecule has 0 aliphatic rings. The Morgan fingerprint density at radius 2 is 0.660 bits per heavy atom. The van der Waals surface area contributed by atoms with Gasteiger partial charge in [0.05, 0.1) is 0 Å². The topological polar surface area (TPSA) is 78.9 Å². The van der Waals surface area contributed by atoms with E-state index >= 15 is 0 Å². The lowest BCUT2D eigenvalue weighted by molar-refractivity contribution is -0.167. The van der Waals surface area contributed by atoms with Gasteiger partial charge in [0.15, 0.2) is 6.10 Å². The first kappa shape index (κ1) is 48.4. The molecule has 0 aromatic heterocycles. The second kappa shape index (κ2) is 38.6.